The van der Waals surface area contributed by atoms with Crippen molar-refractivity contribution in [3.8, 4) is 0 Å². The molecule has 0 amide bonds. The molecule has 0 spiro atoms. The molecule has 0 saturated carbocycles. The maximum atomic E-state index is 9.94. The summed E-state index contributed by atoms with van der Waals surface area (Å²) in [4.78, 5) is 11.7. The molecule has 3 aromatic heterocycles. The lowest BCUT2D eigenvalue weighted by molar-refractivity contribution is 0.198. The van der Waals surface area contributed by atoms with Gasteiger partial charge in [-0.2, -0.15) is 5.10 Å². The van der Waals surface area contributed by atoms with E-state index in [1.807, 2.05) is 6.92 Å². The maximum absolute atomic E-state index is 9.94. The van der Waals surface area contributed by atoms with E-state index < -0.39 is 0 Å². The number of anilines is 1. The van der Waals surface area contributed by atoms with Gasteiger partial charge in [-0.1, -0.05) is 31.1 Å². The van der Waals surface area contributed by atoms with Gasteiger partial charge in [0.2, 0.25) is 0 Å². The SMILES string of the molecule is Cc1nonc1Cn1ncc2c(N3CC[C@H](O)C3)nc(C(C)(C)C)nc21. The maximum Gasteiger partial charge on any atom is 0.164 e. The molecule has 1 atom stereocenters. The predicted molar refractivity (Wildman–Crippen MR) is 95.0 cm³/mol. The summed E-state index contributed by atoms with van der Waals surface area (Å²) < 4.78 is 6.59. The lowest BCUT2D eigenvalue weighted by Crippen LogP contribution is -2.25. The summed E-state index contributed by atoms with van der Waals surface area (Å²) in [5.41, 5.74) is 2.01. The fourth-order valence-corrected chi connectivity index (χ4v) is 3.10. The molecule has 1 N–H and O–H groups in total. The van der Waals surface area contributed by atoms with Crippen LogP contribution in [0.3, 0.4) is 0 Å². The Morgan fingerprint density at radius 3 is 2.69 bits per heavy atom. The third kappa shape index (κ3) is 2.92. The Balaban J connectivity index is 1.84. The summed E-state index contributed by atoms with van der Waals surface area (Å²) >= 11 is 0. The van der Waals surface area contributed by atoms with Crippen LogP contribution in [-0.2, 0) is 12.0 Å². The largest absolute Gasteiger partial charge is 0.391 e. The molecule has 0 aromatic carbocycles. The number of aliphatic hydroxyl groups excluding tert-OH is 1. The smallest absolute Gasteiger partial charge is 0.164 e. The van der Waals surface area contributed by atoms with E-state index in [2.05, 4.69) is 41.1 Å². The Morgan fingerprint density at radius 1 is 1.27 bits per heavy atom. The molecule has 1 aliphatic rings. The molecule has 0 bridgehead atoms. The first-order valence-corrected chi connectivity index (χ1v) is 8.78. The highest BCUT2D eigenvalue weighted by Crippen LogP contribution is 2.30. The second-order valence-corrected chi connectivity index (χ2v) is 7.85. The van der Waals surface area contributed by atoms with Crippen molar-refractivity contribution in [2.75, 3.05) is 18.0 Å². The molecule has 3 aromatic rings. The van der Waals surface area contributed by atoms with Crippen molar-refractivity contribution >= 4 is 16.9 Å². The summed E-state index contributed by atoms with van der Waals surface area (Å²) in [7, 11) is 0. The topological polar surface area (TPSA) is 106 Å². The van der Waals surface area contributed by atoms with Gasteiger partial charge in [0, 0.05) is 18.5 Å². The van der Waals surface area contributed by atoms with Crippen LogP contribution < -0.4 is 4.90 Å². The Kier molecular flexibility index (Phi) is 3.91. The number of fused-ring (bicyclic) bond motifs is 1. The second kappa shape index (κ2) is 6.01. The summed E-state index contributed by atoms with van der Waals surface area (Å²) in [6, 6.07) is 0. The highest BCUT2D eigenvalue weighted by Gasteiger charge is 2.28. The van der Waals surface area contributed by atoms with Gasteiger partial charge in [-0.3, -0.25) is 0 Å². The number of aryl methyl sites for hydroxylation is 1. The number of nitrogens with zero attached hydrogens (tertiary/aromatic N) is 7. The first kappa shape index (κ1) is 16.9. The fourth-order valence-electron chi connectivity index (χ4n) is 3.10. The zero-order chi connectivity index (χ0) is 18.5. The molecule has 1 fully saturated rings. The van der Waals surface area contributed by atoms with Crippen LogP contribution in [-0.4, -0.2) is 54.4 Å². The molecule has 0 aliphatic carbocycles. The molecular formula is C17H23N7O2. The third-order valence-electron chi connectivity index (χ3n) is 4.66. The van der Waals surface area contributed by atoms with Gasteiger partial charge in [-0.25, -0.2) is 19.3 Å². The van der Waals surface area contributed by atoms with E-state index in [1.165, 1.54) is 0 Å². The van der Waals surface area contributed by atoms with E-state index in [1.54, 1.807) is 10.9 Å². The van der Waals surface area contributed by atoms with E-state index in [9.17, 15) is 5.11 Å². The molecule has 26 heavy (non-hydrogen) atoms. The minimum absolute atomic E-state index is 0.207. The van der Waals surface area contributed by atoms with Gasteiger partial charge in [0.05, 0.1) is 24.2 Å². The van der Waals surface area contributed by atoms with Crippen molar-refractivity contribution in [3.05, 3.63) is 23.4 Å². The molecule has 4 rings (SSSR count). The summed E-state index contributed by atoms with van der Waals surface area (Å²) in [5.74, 6) is 1.58. The highest BCUT2D eigenvalue weighted by atomic mass is 16.6. The van der Waals surface area contributed by atoms with E-state index in [0.29, 0.717) is 13.1 Å². The molecule has 9 heteroatoms. The monoisotopic (exact) mass is 357 g/mol. The van der Waals surface area contributed by atoms with Gasteiger partial charge in [0.15, 0.2) is 5.65 Å². The quantitative estimate of drug-likeness (QED) is 0.750. The van der Waals surface area contributed by atoms with E-state index in [-0.39, 0.29) is 11.5 Å². The molecule has 1 saturated heterocycles. The van der Waals surface area contributed by atoms with Gasteiger partial charge in [-0.05, 0) is 13.3 Å². The third-order valence-corrected chi connectivity index (χ3v) is 4.66. The Bertz CT molecular complexity index is 940. The van der Waals surface area contributed by atoms with Gasteiger partial charge < -0.3 is 10.0 Å². The number of β-amino-alcohol motifs (C(OH)–C–C–N with tert-alkyl or cyclic N) is 1. The van der Waals surface area contributed by atoms with Gasteiger partial charge in [0.25, 0.3) is 0 Å². The van der Waals surface area contributed by atoms with Crippen molar-refractivity contribution in [2.24, 2.45) is 0 Å². The van der Waals surface area contributed by atoms with Crippen LogP contribution in [0.5, 0.6) is 0 Å². The first-order chi connectivity index (χ1) is 12.3. The van der Waals surface area contributed by atoms with Crippen molar-refractivity contribution in [1.29, 1.82) is 0 Å². The van der Waals surface area contributed by atoms with Crippen LogP contribution in [0.25, 0.3) is 11.0 Å². The van der Waals surface area contributed by atoms with E-state index >= 15 is 0 Å². The van der Waals surface area contributed by atoms with Gasteiger partial charge >= 0.3 is 0 Å². The zero-order valence-electron chi connectivity index (χ0n) is 15.5. The lowest BCUT2D eigenvalue weighted by atomic mass is 9.95. The molecule has 0 radical (unpaired) electrons. The Morgan fingerprint density at radius 2 is 2.08 bits per heavy atom. The van der Waals surface area contributed by atoms with Crippen LogP contribution in [0.15, 0.2) is 10.8 Å². The molecule has 1 aliphatic heterocycles. The van der Waals surface area contributed by atoms with Crippen LogP contribution in [0.4, 0.5) is 5.82 Å². The van der Waals surface area contributed by atoms with Crippen LogP contribution in [0.2, 0.25) is 0 Å². The number of aliphatic hydroxyl groups is 1. The normalized spacial score (nSPS) is 18.2. The van der Waals surface area contributed by atoms with Crippen molar-refractivity contribution < 1.29 is 9.74 Å². The number of hydrogen-bond acceptors (Lipinski definition) is 8. The molecule has 4 heterocycles. The Labute approximate surface area is 151 Å². The van der Waals surface area contributed by atoms with Crippen LogP contribution in [0, 0.1) is 6.92 Å². The molecule has 138 valence electrons. The standard InChI is InChI=1S/C17H23N7O2/c1-10-13(22-26-21-10)9-24-15-12(7-18-24)14(23-6-5-11(25)8-23)19-16(20-15)17(2,3)4/h7,11,25H,5-6,8-9H2,1-4H3/t11-/m0/s1. The number of aromatic nitrogens is 6. The average molecular weight is 357 g/mol. The summed E-state index contributed by atoms with van der Waals surface area (Å²) in [6.07, 6.45) is 2.20. The summed E-state index contributed by atoms with van der Waals surface area (Å²) in [5, 5.41) is 23.1. The molecule has 0 unspecified atom stereocenters. The van der Waals surface area contributed by atoms with Crippen molar-refractivity contribution in [3.63, 3.8) is 0 Å². The lowest BCUT2D eigenvalue weighted by Gasteiger charge is -2.22. The average Bonchev–Trinajstić information content (AvgIpc) is 3.28. The Hall–Kier alpha value is -2.55. The molecular weight excluding hydrogens is 334 g/mol. The van der Waals surface area contributed by atoms with Crippen LogP contribution in [0.1, 0.15) is 44.4 Å². The van der Waals surface area contributed by atoms with Gasteiger partial charge in [0.1, 0.15) is 23.0 Å². The predicted octanol–water partition coefficient (Wildman–Crippen LogP) is 1.43. The number of hydrogen-bond donors (Lipinski definition) is 1. The second-order valence-electron chi connectivity index (χ2n) is 7.85. The summed E-state index contributed by atoms with van der Waals surface area (Å²) in [6.45, 7) is 9.89. The highest BCUT2D eigenvalue weighted by molar-refractivity contribution is 5.87. The van der Waals surface area contributed by atoms with Crippen molar-refractivity contribution in [1.82, 2.24) is 30.1 Å². The minimum atomic E-state index is -0.322. The molecule has 9 nitrogen and oxygen atoms in total. The first-order valence-electron chi connectivity index (χ1n) is 8.78. The minimum Gasteiger partial charge on any atom is -0.391 e. The van der Waals surface area contributed by atoms with E-state index in [0.717, 1.165) is 47.0 Å². The number of rotatable bonds is 3. The van der Waals surface area contributed by atoms with Crippen molar-refractivity contribution in [2.45, 2.75) is 52.2 Å². The van der Waals surface area contributed by atoms with E-state index in [4.69, 9.17) is 14.6 Å². The zero-order valence-corrected chi connectivity index (χ0v) is 15.5. The van der Waals surface area contributed by atoms with Crippen LogP contribution >= 0.6 is 0 Å². The van der Waals surface area contributed by atoms with Gasteiger partial charge in [-0.15, -0.1) is 0 Å². The fraction of sp³-hybridized carbons (Fsp3) is 0.588.